The van der Waals surface area contributed by atoms with Crippen molar-refractivity contribution >= 4 is 29.5 Å². The van der Waals surface area contributed by atoms with Crippen molar-refractivity contribution in [1.29, 1.82) is 0 Å². The van der Waals surface area contributed by atoms with Crippen LogP contribution in [0.3, 0.4) is 0 Å². The van der Waals surface area contributed by atoms with Crippen LogP contribution < -0.4 is 10.6 Å². The first-order chi connectivity index (χ1) is 16.3. The molecule has 0 spiro atoms. The van der Waals surface area contributed by atoms with Gasteiger partial charge < -0.3 is 15.5 Å². The second kappa shape index (κ2) is 11.5. The van der Waals surface area contributed by atoms with Crippen LogP contribution in [0.15, 0.2) is 30.3 Å². The molecule has 0 bridgehead atoms. The van der Waals surface area contributed by atoms with Gasteiger partial charge in [0.1, 0.15) is 17.1 Å². The van der Waals surface area contributed by atoms with Gasteiger partial charge in [-0.3, -0.25) is 19.1 Å². The summed E-state index contributed by atoms with van der Waals surface area (Å²) in [6.45, 7) is 4.67. The average Bonchev–Trinajstić information content (AvgIpc) is 3.25. The Labute approximate surface area is 203 Å². The summed E-state index contributed by atoms with van der Waals surface area (Å²) in [5.74, 6) is 0.679. The number of fused-ring (bicyclic) bond motifs is 1. The Morgan fingerprint density at radius 1 is 1.18 bits per heavy atom. The second-order valence-corrected chi connectivity index (χ2v) is 9.82. The topological polar surface area (TPSA) is 96.3 Å². The number of carbonyl (C=O) groups excluding carboxylic acids is 3. The molecule has 184 valence electrons. The van der Waals surface area contributed by atoms with E-state index in [9.17, 15) is 18.8 Å². The highest BCUT2D eigenvalue weighted by Gasteiger charge is 2.46. The molecule has 0 saturated carbocycles. The third kappa shape index (κ3) is 5.97. The van der Waals surface area contributed by atoms with Crippen LogP contribution in [0.25, 0.3) is 0 Å². The van der Waals surface area contributed by atoms with Crippen molar-refractivity contribution in [2.45, 2.75) is 51.7 Å². The van der Waals surface area contributed by atoms with Crippen molar-refractivity contribution in [2.24, 2.45) is 0 Å². The number of hydrogen-bond donors (Lipinski definition) is 2. The van der Waals surface area contributed by atoms with Gasteiger partial charge in [0.25, 0.3) is 11.8 Å². The summed E-state index contributed by atoms with van der Waals surface area (Å²) in [6.07, 6.45) is 3.24. The number of nitrogens with zero attached hydrogens (tertiary/aromatic N) is 3. The summed E-state index contributed by atoms with van der Waals surface area (Å²) in [5, 5.41) is 9.98. The smallest absolute Gasteiger partial charge is 0.272 e. The number of hydrogen-bond acceptors (Lipinski definition) is 5. The largest absolute Gasteiger partial charge is 0.351 e. The fourth-order valence-corrected chi connectivity index (χ4v) is 4.67. The van der Waals surface area contributed by atoms with Crippen molar-refractivity contribution in [2.75, 3.05) is 25.1 Å². The number of carbonyl (C=O) groups is 3. The first kappa shape index (κ1) is 25.7. The van der Waals surface area contributed by atoms with Crippen LogP contribution in [0.4, 0.5) is 4.39 Å². The van der Waals surface area contributed by atoms with E-state index in [0.29, 0.717) is 6.54 Å². The second-order valence-electron chi connectivity index (χ2n) is 8.60. The zero-order chi connectivity index (χ0) is 24.7. The van der Waals surface area contributed by atoms with Crippen LogP contribution in [-0.2, 0) is 17.9 Å². The minimum atomic E-state index is -1.19. The van der Waals surface area contributed by atoms with Crippen molar-refractivity contribution in [3.05, 3.63) is 53.1 Å². The molecule has 0 saturated heterocycles. The summed E-state index contributed by atoms with van der Waals surface area (Å²) in [5.41, 5.74) is -0.0249. The lowest BCUT2D eigenvalue weighted by Crippen LogP contribution is -2.62. The number of rotatable bonds is 11. The number of nitrogens with one attached hydrogen (secondary N) is 2. The van der Waals surface area contributed by atoms with Gasteiger partial charge in [-0.15, -0.1) is 0 Å². The minimum Gasteiger partial charge on any atom is -0.351 e. The number of thioether (sulfide) groups is 1. The van der Waals surface area contributed by atoms with E-state index < -0.39 is 5.54 Å². The van der Waals surface area contributed by atoms with Gasteiger partial charge in [0, 0.05) is 26.2 Å². The highest BCUT2D eigenvalue weighted by atomic mass is 32.2. The van der Waals surface area contributed by atoms with Gasteiger partial charge in [0.2, 0.25) is 5.91 Å². The molecule has 2 aromatic rings. The van der Waals surface area contributed by atoms with Crippen molar-refractivity contribution in [3.63, 3.8) is 0 Å². The number of benzene rings is 1. The van der Waals surface area contributed by atoms with Crippen molar-refractivity contribution < 1.29 is 18.8 Å². The normalized spacial score (nSPS) is 17.4. The van der Waals surface area contributed by atoms with Crippen LogP contribution in [-0.4, -0.2) is 63.0 Å². The highest BCUT2D eigenvalue weighted by Crippen LogP contribution is 2.26. The molecule has 0 unspecified atom stereocenters. The number of aromatic nitrogens is 2. The molecule has 1 aliphatic rings. The molecule has 0 fully saturated rings. The van der Waals surface area contributed by atoms with Gasteiger partial charge in [-0.1, -0.05) is 25.5 Å². The summed E-state index contributed by atoms with van der Waals surface area (Å²) < 4.78 is 14.5. The number of likely N-dealkylation sites (N-methyl/N-ethyl adjacent to an activating group) is 1. The van der Waals surface area contributed by atoms with Gasteiger partial charge in [-0.05, 0) is 49.0 Å². The summed E-state index contributed by atoms with van der Waals surface area (Å²) in [6, 6.07) is 7.31. The Morgan fingerprint density at radius 3 is 2.59 bits per heavy atom. The zero-order valence-corrected chi connectivity index (χ0v) is 20.7. The Bertz CT molecular complexity index is 1030. The molecular weight excluding hydrogens is 457 g/mol. The maximum Gasteiger partial charge on any atom is 0.272 e. The Balaban J connectivity index is 1.60. The summed E-state index contributed by atoms with van der Waals surface area (Å²) in [4.78, 5) is 39.9. The van der Waals surface area contributed by atoms with E-state index in [-0.39, 0.29) is 48.0 Å². The summed E-state index contributed by atoms with van der Waals surface area (Å²) >= 11 is 1.88. The fourth-order valence-electron chi connectivity index (χ4n) is 3.63. The molecule has 0 aliphatic carbocycles. The predicted molar refractivity (Wildman–Crippen MR) is 130 cm³/mol. The molecule has 1 atom stereocenters. The van der Waals surface area contributed by atoms with E-state index in [1.165, 1.54) is 40.6 Å². The molecule has 10 heteroatoms. The minimum absolute atomic E-state index is 0.112. The quantitative estimate of drug-likeness (QED) is 0.473. The van der Waals surface area contributed by atoms with Crippen LogP contribution in [0.2, 0.25) is 0 Å². The Morgan fingerprint density at radius 2 is 1.88 bits per heavy atom. The number of unbranched alkanes of at least 4 members (excludes halogenated alkanes) is 1. The molecule has 2 N–H and O–H groups in total. The van der Waals surface area contributed by atoms with E-state index in [1.54, 1.807) is 26.1 Å². The number of amides is 3. The van der Waals surface area contributed by atoms with Crippen LogP contribution in [0.1, 0.15) is 59.7 Å². The van der Waals surface area contributed by atoms with Gasteiger partial charge in [0.05, 0.1) is 6.54 Å². The molecule has 1 aromatic carbocycles. The molecule has 2 heterocycles. The van der Waals surface area contributed by atoms with Crippen molar-refractivity contribution in [1.82, 2.24) is 25.3 Å². The molecule has 3 rings (SSSR count). The average molecular weight is 490 g/mol. The molecule has 3 amide bonds. The molecular formula is C24H32FN5O3S. The first-order valence-electron chi connectivity index (χ1n) is 11.5. The van der Waals surface area contributed by atoms with E-state index in [1.807, 2.05) is 11.8 Å². The lowest BCUT2D eigenvalue weighted by Gasteiger charge is -2.40. The van der Waals surface area contributed by atoms with Crippen LogP contribution in [0, 0.1) is 5.82 Å². The fraction of sp³-hybridized carbons (Fsp3) is 0.500. The first-order valence-corrected chi connectivity index (χ1v) is 12.7. The van der Waals surface area contributed by atoms with Gasteiger partial charge in [-0.2, -0.15) is 16.9 Å². The highest BCUT2D eigenvalue weighted by molar-refractivity contribution is 7.99. The van der Waals surface area contributed by atoms with Gasteiger partial charge in [-0.25, -0.2) is 4.39 Å². The third-order valence-electron chi connectivity index (χ3n) is 5.98. The van der Waals surface area contributed by atoms with Crippen molar-refractivity contribution in [3.8, 4) is 0 Å². The molecule has 1 aromatic heterocycles. The van der Waals surface area contributed by atoms with E-state index in [4.69, 9.17) is 0 Å². The maximum atomic E-state index is 13.1. The molecule has 0 radical (unpaired) electrons. The number of halogens is 1. The third-order valence-corrected chi connectivity index (χ3v) is 7.14. The molecule has 1 aliphatic heterocycles. The monoisotopic (exact) mass is 489 g/mol. The molecule has 34 heavy (non-hydrogen) atoms. The van der Waals surface area contributed by atoms with E-state index >= 15 is 0 Å². The van der Waals surface area contributed by atoms with Gasteiger partial charge in [0.15, 0.2) is 5.69 Å². The summed E-state index contributed by atoms with van der Waals surface area (Å²) in [7, 11) is 1.56. The molecule has 8 nitrogen and oxygen atoms in total. The predicted octanol–water partition coefficient (Wildman–Crippen LogP) is 2.84. The van der Waals surface area contributed by atoms with Crippen LogP contribution >= 0.6 is 11.8 Å². The van der Waals surface area contributed by atoms with E-state index in [2.05, 4.69) is 22.7 Å². The Hall–Kier alpha value is -2.88. The van der Waals surface area contributed by atoms with E-state index in [0.717, 1.165) is 23.5 Å². The van der Waals surface area contributed by atoms with Crippen LogP contribution in [0.5, 0.6) is 0 Å². The SMILES string of the molecule is CCCCSCCCNC(=O)c1cc2n(n1)C[C@](C)(C(=O)NCc1ccc(F)cc1)N(C)C2=O. The Kier molecular flexibility index (Phi) is 8.71. The lowest BCUT2D eigenvalue weighted by atomic mass is 9.96. The zero-order valence-electron chi connectivity index (χ0n) is 19.9. The maximum absolute atomic E-state index is 13.1. The standard InChI is InChI=1S/C24H32FN5O3S/c1-4-5-12-34-13-6-11-26-21(31)19-14-20-22(32)29(3)24(2,16-30(20)28-19)23(33)27-15-17-7-9-18(25)10-8-17/h7-10,14H,4-6,11-13,15-16H2,1-3H3,(H,26,31)(H,27,33)/t24-/m1/s1. The van der Waals surface area contributed by atoms with Gasteiger partial charge >= 0.3 is 0 Å². The lowest BCUT2D eigenvalue weighted by molar-refractivity contribution is -0.132.